The van der Waals surface area contributed by atoms with Gasteiger partial charge in [0.05, 0.1) is 14.2 Å². The van der Waals surface area contributed by atoms with Crippen LogP contribution in [-0.4, -0.2) is 31.5 Å². The molecule has 1 aromatic rings. The lowest BCUT2D eigenvalue weighted by molar-refractivity contribution is -0.465. The van der Waals surface area contributed by atoms with Crippen LogP contribution in [0.3, 0.4) is 0 Å². The van der Waals surface area contributed by atoms with Crippen molar-refractivity contribution in [3.8, 4) is 11.5 Å². The van der Waals surface area contributed by atoms with Crippen LogP contribution in [0.1, 0.15) is 10.4 Å². The summed E-state index contributed by atoms with van der Waals surface area (Å²) in [7, 11) is 2.90. The molecule has 1 aromatic carbocycles. The summed E-state index contributed by atoms with van der Waals surface area (Å²) < 4.78 is 9.97. The van der Waals surface area contributed by atoms with Crippen molar-refractivity contribution in [1.82, 2.24) is 0 Å². The zero-order valence-electron chi connectivity index (χ0n) is 8.93. The predicted molar refractivity (Wildman–Crippen MR) is 55.7 cm³/mol. The van der Waals surface area contributed by atoms with Crippen LogP contribution >= 0.6 is 0 Å². The number of nitro groups is 1. The number of ether oxygens (including phenoxy) is 2. The molecule has 0 heterocycles. The molecular formula is C10H11NO5. The van der Waals surface area contributed by atoms with Crippen molar-refractivity contribution in [1.29, 1.82) is 0 Å². The van der Waals surface area contributed by atoms with Crippen LogP contribution in [-0.2, 0) is 0 Å². The second-order valence-electron chi connectivity index (χ2n) is 2.98. The molecule has 0 fully saturated rings. The van der Waals surface area contributed by atoms with Crippen molar-refractivity contribution in [2.45, 2.75) is 0 Å². The number of ketones is 1. The Morgan fingerprint density at radius 2 is 1.94 bits per heavy atom. The van der Waals surface area contributed by atoms with E-state index in [2.05, 4.69) is 0 Å². The highest BCUT2D eigenvalue weighted by Gasteiger charge is 2.15. The second kappa shape index (κ2) is 5.11. The number of methoxy groups -OCH3 is 2. The summed E-state index contributed by atoms with van der Waals surface area (Å²) in [4.78, 5) is 20.9. The van der Waals surface area contributed by atoms with Gasteiger partial charge in [0.25, 0.3) is 6.54 Å². The fourth-order valence-corrected chi connectivity index (χ4v) is 1.22. The van der Waals surface area contributed by atoms with Gasteiger partial charge in [-0.05, 0) is 18.2 Å². The molecule has 0 aliphatic rings. The molecule has 16 heavy (non-hydrogen) atoms. The molecule has 0 bridgehead atoms. The van der Waals surface area contributed by atoms with E-state index in [-0.39, 0.29) is 5.56 Å². The van der Waals surface area contributed by atoms with Crippen LogP contribution in [0.25, 0.3) is 0 Å². The standard InChI is InChI=1S/C10H11NO5/c1-15-9-4-3-7(5-10(9)16-2)8(12)6-11(13)14/h3-5H,6H2,1-2H3. The zero-order chi connectivity index (χ0) is 12.1. The number of carbonyl (C=O) groups excluding carboxylic acids is 1. The van der Waals surface area contributed by atoms with E-state index in [1.165, 1.54) is 32.4 Å². The Balaban J connectivity index is 2.98. The van der Waals surface area contributed by atoms with Gasteiger partial charge in [0, 0.05) is 10.5 Å². The summed E-state index contributed by atoms with van der Waals surface area (Å²) in [5.41, 5.74) is 0.231. The second-order valence-corrected chi connectivity index (χ2v) is 2.98. The lowest BCUT2D eigenvalue weighted by Crippen LogP contribution is -2.13. The minimum Gasteiger partial charge on any atom is -0.493 e. The molecule has 86 valence electrons. The van der Waals surface area contributed by atoms with E-state index >= 15 is 0 Å². The number of carbonyl (C=O) groups is 1. The Labute approximate surface area is 91.9 Å². The Morgan fingerprint density at radius 1 is 1.31 bits per heavy atom. The third kappa shape index (κ3) is 2.69. The normalized spacial score (nSPS) is 9.62. The first-order chi connectivity index (χ1) is 7.58. The molecule has 0 aliphatic heterocycles. The molecule has 0 aliphatic carbocycles. The SMILES string of the molecule is COc1ccc(C(=O)C[N+](=O)[O-])cc1OC. The van der Waals surface area contributed by atoms with Gasteiger partial charge in [-0.1, -0.05) is 0 Å². The number of benzene rings is 1. The lowest BCUT2D eigenvalue weighted by Gasteiger charge is -2.07. The van der Waals surface area contributed by atoms with Crippen LogP contribution < -0.4 is 9.47 Å². The fraction of sp³-hybridized carbons (Fsp3) is 0.300. The maximum absolute atomic E-state index is 11.4. The maximum atomic E-state index is 11.4. The highest BCUT2D eigenvalue weighted by atomic mass is 16.6. The summed E-state index contributed by atoms with van der Waals surface area (Å²) in [6.07, 6.45) is 0. The topological polar surface area (TPSA) is 78.7 Å². The number of Topliss-reactive ketones (excluding diaryl/α,β-unsaturated/α-hetero) is 1. The van der Waals surface area contributed by atoms with Gasteiger partial charge in [0.1, 0.15) is 0 Å². The Morgan fingerprint density at radius 3 is 2.44 bits per heavy atom. The quantitative estimate of drug-likeness (QED) is 0.427. The average molecular weight is 225 g/mol. The van der Waals surface area contributed by atoms with Crippen LogP contribution in [0.2, 0.25) is 0 Å². The molecule has 0 spiro atoms. The summed E-state index contributed by atoms with van der Waals surface area (Å²) in [5, 5.41) is 10.2. The molecule has 0 aromatic heterocycles. The fourth-order valence-electron chi connectivity index (χ4n) is 1.22. The lowest BCUT2D eigenvalue weighted by atomic mass is 10.1. The van der Waals surface area contributed by atoms with E-state index in [4.69, 9.17) is 9.47 Å². The van der Waals surface area contributed by atoms with E-state index in [9.17, 15) is 14.9 Å². The molecular weight excluding hydrogens is 214 g/mol. The summed E-state index contributed by atoms with van der Waals surface area (Å²) in [6, 6.07) is 4.42. The number of hydrogen-bond acceptors (Lipinski definition) is 5. The third-order valence-electron chi connectivity index (χ3n) is 1.98. The van der Waals surface area contributed by atoms with Crippen molar-refractivity contribution in [2.24, 2.45) is 0 Å². The first-order valence-corrected chi connectivity index (χ1v) is 4.45. The van der Waals surface area contributed by atoms with Gasteiger partial charge in [-0.3, -0.25) is 14.9 Å². The molecule has 0 atom stereocenters. The molecule has 1 rings (SSSR count). The van der Waals surface area contributed by atoms with Crippen LogP contribution in [0, 0.1) is 10.1 Å². The van der Waals surface area contributed by atoms with Gasteiger partial charge >= 0.3 is 0 Å². The van der Waals surface area contributed by atoms with Crippen molar-refractivity contribution in [3.05, 3.63) is 33.9 Å². The van der Waals surface area contributed by atoms with Crippen LogP contribution in [0.5, 0.6) is 11.5 Å². The van der Waals surface area contributed by atoms with E-state index in [0.29, 0.717) is 11.5 Å². The third-order valence-corrected chi connectivity index (χ3v) is 1.98. The van der Waals surface area contributed by atoms with Gasteiger partial charge in [-0.25, -0.2) is 0 Å². The van der Waals surface area contributed by atoms with Gasteiger partial charge in [0.15, 0.2) is 11.5 Å². The van der Waals surface area contributed by atoms with E-state index in [0.717, 1.165) is 0 Å². The van der Waals surface area contributed by atoms with Gasteiger partial charge in [-0.15, -0.1) is 0 Å². The summed E-state index contributed by atoms with van der Waals surface area (Å²) in [6.45, 7) is -0.727. The predicted octanol–water partition coefficient (Wildman–Crippen LogP) is 1.16. The number of hydrogen-bond donors (Lipinski definition) is 0. The number of nitrogens with zero attached hydrogens (tertiary/aromatic N) is 1. The molecule has 0 saturated heterocycles. The van der Waals surface area contributed by atoms with Crippen molar-refractivity contribution in [3.63, 3.8) is 0 Å². The van der Waals surface area contributed by atoms with Crippen LogP contribution in [0.15, 0.2) is 18.2 Å². The summed E-state index contributed by atoms with van der Waals surface area (Å²) >= 11 is 0. The Hall–Kier alpha value is -2.11. The van der Waals surface area contributed by atoms with Crippen molar-refractivity contribution in [2.75, 3.05) is 20.8 Å². The molecule has 0 N–H and O–H groups in total. The van der Waals surface area contributed by atoms with Crippen molar-refractivity contribution < 1.29 is 19.2 Å². The molecule has 0 saturated carbocycles. The minimum absolute atomic E-state index is 0.231. The number of rotatable bonds is 5. The Kier molecular flexibility index (Phi) is 3.82. The van der Waals surface area contributed by atoms with Crippen LogP contribution in [0.4, 0.5) is 0 Å². The molecule has 0 radical (unpaired) electrons. The molecule has 6 nitrogen and oxygen atoms in total. The van der Waals surface area contributed by atoms with E-state index in [1.54, 1.807) is 0 Å². The molecule has 0 unspecified atom stereocenters. The smallest absolute Gasteiger partial charge is 0.265 e. The first-order valence-electron chi connectivity index (χ1n) is 4.45. The van der Waals surface area contributed by atoms with E-state index in [1.807, 2.05) is 0 Å². The zero-order valence-corrected chi connectivity index (χ0v) is 8.93. The first kappa shape index (κ1) is 12.0. The monoisotopic (exact) mass is 225 g/mol. The molecule has 0 amide bonds. The van der Waals surface area contributed by atoms with Gasteiger partial charge < -0.3 is 9.47 Å². The highest BCUT2D eigenvalue weighted by Crippen LogP contribution is 2.27. The average Bonchev–Trinajstić information content (AvgIpc) is 2.27. The molecule has 6 heteroatoms. The highest BCUT2D eigenvalue weighted by molar-refractivity contribution is 5.97. The maximum Gasteiger partial charge on any atom is 0.265 e. The van der Waals surface area contributed by atoms with Crippen molar-refractivity contribution >= 4 is 5.78 Å². The summed E-state index contributed by atoms with van der Waals surface area (Å²) in [5.74, 6) is 0.280. The van der Waals surface area contributed by atoms with Gasteiger partial charge in [0.2, 0.25) is 5.78 Å². The van der Waals surface area contributed by atoms with E-state index < -0.39 is 17.3 Å². The Bertz CT molecular complexity index is 416. The minimum atomic E-state index is -0.727. The van der Waals surface area contributed by atoms with Gasteiger partial charge in [-0.2, -0.15) is 0 Å². The largest absolute Gasteiger partial charge is 0.493 e.